The lowest BCUT2D eigenvalue weighted by molar-refractivity contribution is -0.146. The molecule has 0 aliphatic carbocycles. The molecule has 164 valence electrons. The fourth-order valence-electron chi connectivity index (χ4n) is 3.41. The molecule has 0 saturated carbocycles. The maximum atomic E-state index is 12.5. The Morgan fingerprint density at radius 2 is 1.78 bits per heavy atom. The van der Waals surface area contributed by atoms with Gasteiger partial charge in [0.05, 0.1) is 17.8 Å². The van der Waals surface area contributed by atoms with Gasteiger partial charge in [0.25, 0.3) is 5.91 Å². The number of ether oxygens (including phenoxy) is 1. The number of nitrogens with zero attached hydrogens (tertiary/aromatic N) is 2. The highest BCUT2D eigenvalue weighted by molar-refractivity contribution is 5.93. The van der Waals surface area contributed by atoms with Crippen LogP contribution in [-0.2, 0) is 26.2 Å². The number of esters is 1. The van der Waals surface area contributed by atoms with Crippen molar-refractivity contribution >= 4 is 28.6 Å². The van der Waals surface area contributed by atoms with Crippen LogP contribution in [0.25, 0.3) is 16.6 Å². The van der Waals surface area contributed by atoms with Gasteiger partial charge in [-0.15, -0.1) is 0 Å². The summed E-state index contributed by atoms with van der Waals surface area (Å²) >= 11 is 0. The highest BCUT2D eigenvalue weighted by Crippen LogP contribution is 2.26. The second-order valence-electron chi connectivity index (χ2n) is 8.66. The van der Waals surface area contributed by atoms with Crippen LogP contribution in [-0.4, -0.2) is 33.2 Å². The summed E-state index contributed by atoms with van der Waals surface area (Å²) in [6.07, 6.45) is 1.88. The molecule has 0 bridgehead atoms. The summed E-state index contributed by atoms with van der Waals surface area (Å²) in [4.78, 5) is 28.0. The number of benzene rings is 2. The number of fused-ring (bicyclic) bond motifs is 1. The fraction of sp³-hybridized carbons (Fsp3) is 0.240. The van der Waals surface area contributed by atoms with Crippen LogP contribution in [0.1, 0.15) is 32.0 Å². The van der Waals surface area contributed by atoms with Gasteiger partial charge in [0.2, 0.25) is 0 Å². The molecule has 4 rings (SSSR count). The van der Waals surface area contributed by atoms with Gasteiger partial charge in [-0.3, -0.25) is 9.59 Å². The van der Waals surface area contributed by atoms with Gasteiger partial charge in [-0.25, -0.2) is 4.68 Å². The van der Waals surface area contributed by atoms with Gasteiger partial charge in [0, 0.05) is 28.6 Å². The smallest absolute Gasteiger partial charge is 0.310 e. The zero-order valence-electron chi connectivity index (χ0n) is 18.4. The van der Waals surface area contributed by atoms with E-state index in [2.05, 4.69) is 36.2 Å². The molecule has 7 nitrogen and oxygen atoms in total. The van der Waals surface area contributed by atoms with Crippen molar-refractivity contribution in [1.29, 1.82) is 0 Å². The van der Waals surface area contributed by atoms with Gasteiger partial charge in [0.1, 0.15) is 5.82 Å². The Morgan fingerprint density at radius 1 is 1.06 bits per heavy atom. The van der Waals surface area contributed by atoms with Crippen LogP contribution in [0.15, 0.2) is 66.9 Å². The first-order valence-corrected chi connectivity index (χ1v) is 10.5. The Morgan fingerprint density at radius 3 is 2.53 bits per heavy atom. The third kappa shape index (κ3) is 4.72. The third-order valence-corrected chi connectivity index (χ3v) is 5.12. The van der Waals surface area contributed by atoms with Crippen LogP contribution >= 0.6 is 0 Å². The fourth-order valence-corrected chi connectivity index (χ4v) is 3.41. The summed E-state index contributed by atoms with van der Waals surface area (Å²) < 4.78 is 6.91. The highest BCUT2D eigenvalue weighted by atomic mass is 16.5. The molecule has 7 heteroatoms. The monoisotopic (exact) mass is 430 g/mol. The second-order valence-corrected chi connectivity index (χ2v) is 8.66. The van der Waals surface area contributed by atoms with Crippen molar-refractivity contribution in [3.8, 4) is 5.69 Å². The van der Waals surface area contributed by atoms with Crippen molar-refractivity contribution < 1.29 is 14.3 Å². The SMILES string of the molecule is CC(C)(C)c1cc(NC(=O)COC(=O)Cc2c[nH]c3ccccc23)n(-c2ccccc2)n1. The average Bonchev–Trinajstić information content (AvgIpc) is 3.38. The number of anilines is 1. The van der Waals surface area contributed by atoms with Crippen LogP contribution in [0.4, 0.5) is 5.82 Å². The Hall–Kier alpha value is -3.87. The van der Waals surface area contributed by atoms with Crippen molar-refractivity contribution in [3.63, 3.8) is 0 Å². The van der Waals surface area contributed by atoms with E-state index in [4.69, 9.17) is 4.74 Å². The number of para-hydroxylation sites is 2. The standard InChI is InChI=1S/C25H26N4O3/c1-25(2,3)21-14-22(29(28-21)18-9-5-4-6-10-18)27-23(30)16-32-24(31)13-17-15-26-20-12-8-7-11-19(17)20/h4-12,14-15,26H,13,16H2,1-3H3,(H,27,30). The van der Waals surface area contributed by atoms with Crippen LogP contribution in [0.5, 0.6) is 0 Å². The molecule has 2 aromatic carbocycles. The summed E-state index contributed by atoms with van der Waals surface area (Å²) in [7, 11) is 0. The Kier molecular flexibility index (Phi) is 5.81. The van der Waals surface area contributed by atoms with Crippen molar-refractivity contribution in [1.82, 2.24) is 14.8 Å². The van der Waals surface area contributed by atoms with E-state index in [9.17, 15) is 9.59 Å². The molecule has 0 fully saturated rings. The van der Waals surface area contributed by atoms with Crippen LogP contribution in [0.3, 0.4) is 0 Å². The highest BCUT2D eigenvalue weighted by Gasteiger charge is 2.22. The van der Waals surface area contributed by atoms with Crippen LogP contribution in [0, 0.1) is 0 Å². The van der Waals surface area contributed by atoms with E-state index in [0.29, 0.717) is 5.82 Å². The zero-order valence-corrected chi connectivity index (χ0v) is 18.4. The van der Waals surface area contributed by atoms with Gasteiger partial charge >= 0.3 is 5.97 Å². The number of rotatable bonds is 6. The topological polar surface area (TPSA) is 89.0 Å². The van der Waals surface area contributed by atoms with E-state index in [-0.39, 0.29) is 18.4 Å². The van der Waals surface area contributed by atoms with Gasteiger partial charge < -0.3 is 15.0 Å². The number of H-pyrrole nitrogens is 1. The molecule has 0 aliphatic heterocycles. The maximum absolute atomic E-state index is 12.5. The van der Waals surface area contributed by atoms with E-state index in [1.165, 1.54) is 0 Å². The maximum Gasteiger partial charge on any atom is 0.310 e. The molecule has 4 aromatic rings. The Bertz CT molecular complexity index is 1250. The molecule has 0 unspecified atom stereocenters. The number of hydrogen-bond acceptors (Lipinski definition) is 4. The molecule has 2 aromatic heterocycles. The molecule has 1 amide bonds. The largest absolute Gasteiger partial charge is 0.455 e. The minimum atomic E-state index is -0.461. The molecule has 0 aliphatic rings. The molecular formula is C25H26N4O3. The first-order chi connectivity index (χ1) is 15.3. The van der Waals surface area contributed by atoms with E-state index in [1.54, 1.807) is 10.9 Å². The van der Waals surface area contributed by atoms with Crippen LogP contribution < -0.4 is 5.32 Å². The van der Waals surface area contributed by atoms with Crippen LogP contribution in [0.2, 0.25) is 0 Å². The predicted molar refractivity (Wildman–Crippen MR) is 124 cm³/mol. The first-order valence-electron chi connectivity index (χ1n) is 10.5. The van der Waals surface area contributed by atoms with E-state index < -0.39 is 11.9 Å². The van der Waals surface area contributed by atoms with Crippen molar-refractivity contribution in [2.75, 3.05) is 11.9 Å². The summed E-state index contributed by atoms with van der Waals surface area (Å²) in [5.74, 6) is -0.356. The lowest BCUT2D eigenvalue weighted by Gasteiger charge is -2.14. The number of carbonyl (C=O) groups excluding carboxylic acids is 2. The third-order valence-electron chi connectivity index (χ3n) is 5.12. The second kappa shape index (κ2) is 8.70. The van der Waals surface area contributed by atoms with E-state index >= 15 is 0 Å². The van der Waals surface area contributed by atoms with E-state index in [1.807, 2.05) is 60.7 Å². The number of amides is 1. The van der Waals surface area contributed by atoms with Crippen molar-refractivity contribution in [3.05, 3.63) is 78.1 Å². The summed E-state index contributed by atoms with van der Waals surface area (Å²) in [6, 6.07) is 19.1. The van der Waals surface area contributed by atoms with E-state index in [0.717, 1.165) is 27.8 Å². The predicted octanol–water partition coefficient (Wildman–Crippen LogP) is 4.38. The molecular weight excluding hydrogens is 404 g/mol. The summed E-state index contributed by atoms with van der Waals surface area (Å²) in [5, 5.41) is 8.46. The molecule has 0 atom stereocenters. The van der Waals surface area contributed by atoms with Crippen molar-refractivity contribution in [2.24, 2.45) is 0 Å². The summed E-state index contributed by atoms with van der Waals surface area (Å²) in [5.41, 5.74) is 3.27. The average molecular weight is 431 g/mol. The lowest BCUT2D eigenvalue weighted by Crippen LogP contribution is -2.23. The molecule has 0 spiro atoms. The van der Waals surface area contributed by atoms with Gasteiger partial charge in [0.15, 0.2) is 6.61 Å². The van der Waals surface area contributed by atoms with Crippen molar-refractivity contribution in [2.45, 2.75) is 32.6 Å². The molecule has 0 saturated heterocycles. The Labute approximate surface area is 186 Å². The van der Waals surface area contributed by atoms with Gasteiger partial charge in [-0.2, -0.15) is 5.10 Å². The number of aromatic amines is 1. The van der Waals surface area contributed by atoms with Gasteiger partial charge in [-0.05, 0) is 23.8 Å². The number of carbonyl (C=O) groups is 2. The minimum absolute atomic E-state index is 0.0907. The molecule has 0 radical (unpaired) electrons. The number of hydrogen-bond donors (Lipinski definition) is 2. The lowest BCUT2D eigenvalue weighted by atomic mass is 9.92. The minimum Gasteiger partial charge on any atom is -0.455 e. The van der Waals surface area contributed by atoms with Gasteiger partial charge in [-0.1, -0.05) is 57.2 Å². The molecule has 32 heavy (non-hydrogen) atoms. The number of nitrogens with one attached hydrogen (secondary N) is 2. The normalized spacial score (nSPS) is 11.5. The zero-order chi connectivity index (χ0) is 22.7. The summed E-state index contributed by atoms with van der Waals surface area (Å²) in [6.45, 7) is 5.81. The number of aromatic nitrogens is 3. The quantitative estimate of drug-likeness (QED) is 0.445. The first kappa shape index (κ1) is 21.4. The molecule has 2 heterocycles. The molecule has 2 N–H and O–H groups in total. The Balaban J connectivity index is 1.42.